The Balaban J connectivity index is 3.00. The number of carbonyl (C=O) groups excluding carboxylic acids is 1. The number of carboxylic acid groups (broad SMARTS) is 1. The predicted molar refractivity (Wildman–Crippen MR) is 85.7 cm³/mol. The summed E-state index contributed by atoms with van der Waals surface area (Å²) in [6, 6.07) is 5.41. The molecule has 1 aromatic rings. The molecule has 7 nitrogen and oxygen atoms in total. The third kappa shape index (κ3) is 5.33. The summed E-state index contributed by atoms with van der Waals surface area (Å²) in [4.78, 5) is 24.4. The Labute approximate surface area is 136 Å². The molecule has 0 saturated carbocycles. The van der Waals surface area contributed by atoms with Gasteiger partial charge in [0.2, 0.25) is 10.0 Å². The summed E-state index contributed by atoms with van der Waals surface area (Å²) in [5.41, 5.74) is 0.191. The van der Waals surface area contributed by atoms with Crippen molar-refractivity contribution in [2.45, 2.75) is 31.7 Å². The van der Waals surface area contributed by atoms with Gasteiger partial charge < -0.3 is 10.0 Å². The van der Waals surface area contributed by atoms with Crippen molar-refractivity contribution in [3.8, 4) is 0 Å². The summed E-state index contributed by atoms with van der Waals surface area (Å²) in [6.45, 7) is 4.94. The van der Waals surface area contributed by atoms with Crippen molar-refractivity contribution in [3.63, 3.8) is 0 Å². The second-order valence-electron chi connectivity index (χ2n) is 5.73. The molecule has 0 heterocycles. The zero-order valence-corrected chi connectivity index (χ0v) is 14.4. The van der Waals surface area contributed by atoms with Crippen LogP contribution in [0.5, 0.6) is 0 Å². The minimum atomic E-state index is -3.69. The summed E-state index contributed by atoms with van der Waals surface area (Å²) in [5.74, 6) is -2.14. The molecule has 1 atom stereocenters. The van der Waals surface area contributed by atoms with Crippen LogP contribution in [0.2, 0.25) is 0 Å². The van der Waals surface area contributed by atoms with Crippen LogP contribution in [0, 0.1) is 5.92 Å². The molecule has 0 fully saturated rings. The van der Waals surface area contributed by atoms with E-state index in [0.717, 1.165) is 0 Å². The highest BCUT2D eigenvalue weighted by Gasteiger charge is 2.21. The molecule has 0 spiro atoms. The predicted octanol–water partition coefficient (Wildman–Crippen LogP) is 1.17. The average Bonchev–Trinajstić information content (AvgIpc) is 2.45. The van der Waals surface area contributed by atoms with Crippen LogP contribution in [0.25, 0.3) is 0 Å². The Morgan fingerprint density at radius 1 is 1.26 bits per heavy atom. The molecule has 0 bridgehead atoms. The highest BCUT2D eigenvalue weighted by atomic mass is 32.2. The zero-order valence-electron chi connectivity index (χ0n) is 13.6. The number of hydrogen-bond acceptors (Lipinski definition) is 4. The van der Waals surface area contributed by atoms with E-state index in [1.165, 1.54) is 43.1 Å². The molecule has 1 unspecified atom stereocenters. The topological polar surface area (TPSA) is 104 Å². The van der Waals surface area contributed by atoms with Crippen molar-refractivity contribution in [3.05, 3.63) is 29.8 Å². The Morgan fingerprint density at radius 2 is 1.87 bits per heavy atom. The number of carboxylic acids is 1. The molecular weight excluding hydrogens is 320 g/mol. The fraction of sp³-hybridized carbons (Fsp3) is 0.467. The number of nitrogens with zero attached hydrogens (tertiary/aromatic N) is 1. The summed E-state index contributed by atoms with van der Waals surface area (Å²) >= 11 is 0. The van der Waals surface area contributed by atoms with E-state index in [9.17, 15) is 18.0 Å². The SMILES string of the molecule is CC(C)NS(=O)(=O)c1cccc(C(=O)N(C)CC(C)C(=O)O)c1. The number of amides is 1. The number of aliphatic carboxylic acids is 1. The summed E-state index contributed by atoms with van der Waals surface area (Å²) in [5, 5.41) is 8.89. The van der Waals surface area contributed by atoms with Gasteiger partial charge in [0.15, 0.2) is 0 Å². The van der Waals surface area contributed by atoms with Crippen LogP contribution >= 0.6 is 0 Å². The van der Waals surface area contributed by atoms with Crippen molar-refractivity contribution in [1.82, 2.24) is 9.62 Å². The molecule has 1 aromatic carbocycles. The van der Waals surface area contributed by atoms with Crippen LogP contribution in [0.15, 0.2) is 29.2 Å². The second kappa shape index (κ2) is 7.56. The van der Waals surface area contributed by atoms with Gasteiger partial charge in [0, 0.05) is 25.2 Å². The first-order valence-electron chi connectivity index (χ1n) is 7.15. The Morgan fingerprint density at radius 3 is 2.39 bits per heavy atom. The van der Waals surface area contributed by atoms with Gasteiger partial charge in [-0.15, -0.1) is 0 Å². The van der Waals surface area contributed by atoms with Crippen molar-refractivity contribution in [1.29, 1.82) is 0 Å². The lowest BCUT2D eigenvalue weighted by atomic mass is 10.1. The van der Waals surface area contributed by atoms with Crippen LogP contribution < -0.4 is 4.72 Å². The van der Waals surface area contributed by atoms with Gasteiger partial charge in [-0.3, -0.25) is 9.59 Å². The maximum atomic E-state index is 12.3. The highest BCUT2D eigenvalue weighted by molar-refractivity contribution is 7.89. The van der Waals surface area contributed by atoms with Gasteiger partial charge in [-0.1, -0.05) is 13.0 Å². The summed E-state index contributed by atoms with van der Waals surface area (Å²) in [7, 11) is -2.21. The van der Waals surface area contributed by atoms with Gasteiger partial charge in [-0.2, -0.15) is 0 Å². The molecule has 0 aliphatic carbocycles. The van der Waals surface area contributed by atoms with Crippen molar-refractivity contribution < 1.29 is 23.1 Å². The van der Waals surface area contributed by atoms with Crippen LogP contribution in [0.4, 0.5) is 0 Å². The van der Waals surface area contributed by atoms with E-state index in [-0.39, 0.29) is 23.0 Å². The fourth-order valence-corrected chi connectivity index (χ4v) is 3.26. The summed E-state index contributed by atoms with van der Waals surface area (Å²) in [6.07, 6.45) is 0. The minimum absolute atomic E-state index is 0.00302. The number of sulfonamides is 1. The lowest BCUT2D eigenvalue weighted by Crippen LogP contribution is -2.34. The quantitative estimate of drug-likeness (QED) is 0.774. The molecule has 23 heavy (non-hydrogen) atoms. The first-order valence-corrected chi connectivity index (χ1v) is 8.63. The number of nitrogens with one attached hydrogen (secondary N) is 1. The van der Waals surface area contributed by atoms with E-state index in [1.54, 1.807) is 13.8 Å². The molecule has 0 aliphatic heterocycles. The Bertz CT molecular complexity index is 685. The molecule has 0 aliphatic rings. The van der Waals surface area contributed by atoms with Crippen LogP contribution in [-0.4, -0.2) is 49.9 Å². The van der Waals surface area contributed by atoms with Crippen LogP contribution in [0.1, 0.15) is 31.1 Å². The van der Waals surface area contributed by atoms with Gasteiger partial charge in [0.1, 0.15) is 0 Å². The first-order chi connectivity index (χ1) is 10.5. The van der Waals surface area contributed by atoms with E-state index < -0.39 is 27.8 Å². The molecule has 2 N–H and O–H groups in total. The zero-order chi connectivity index (χ0) is 17.8. The van der Waals surface area contributed by atoms with E-state index >= 15 is 0 Å². The van der Waals surface area contributed by atoms with E-state index in [1.807, 2.05) is 0 Å². The van der Waals surface area contributed by atoms with Gasteiger partial charge in [-0.25, -0.2) is 13.1 Å². The normalized spacial score (nSPS) is 12.9. The van der Waals surface area contributed by atoms with Crippen molar-refractivity contribution in [2.24, 2.45) is 5.92 Å². The molecule has 0 saturated heterocycles. The standard InChI is InChI=1S/C15H22N2O5S/c1-10(2)16-23(21,22)13-7-5-6-12(8-13)14(18)17(4)9-11(3)15(19)20/h5-8,10-11,16H,9H2,1-4H3,(H,19,20). The maximum absolute atomic E-state index is 12.3. The van der Waals surface area contributed by atoms with Gasteiger partial charge in [0.25, 0.3) is 5.91 Å². The highest BCUT2D eigenvalue weighted by Crippen LogP contribution is 2.14. The lowest BCUT2D eigenvalue weighted by Gasteiger charge is -2.20. The lowest BCUT2D eigenvalue weighted by molar-refractivity contribution is -0.141. The van der Waals surface area contributed by atoms with E-state index in [2.05, 4.69) is 4.72 Å². The molecule has 0 aromatic heterocycles. The molecule has 0 radical (unpaired) electrons. The molecule has 128 valence electrons. The molecule has 1 amide bonds. The number of carbonyl (C=O) groups is 2. The number of hydrogen-bond donors (Lipinski definition) is 2. The van der Waals surface area contributed by atoms with Gasteiger partial charge in [-0.05, 0) is 32.0 Å². The minimum Gasteiger partial charge on any atom is -0.481 e. The summed E-state index contributed by atoms with van der Waals surface area (Å²) < 4.78 is 26.7. The van der Waals surface area contributed by atoms with Crippen molar-refractivity contribution >= 4 is 21.9 Å². The van der Waals surface area contributed by atoms with Crippen molar-refractivity contribution in [2.75, 3.05) is 13.6 Å². The van der Waals surface area contributed by atoms with Gasteiger partial charge in [0.05, 0.1) is 10.8 Å². The van der Waals surface area contributed by atoms with E-state index in [0.29, 0.717) is 0 Å². The second-order valence-corrected chi connectivity index (χ2v) is 7.44. The fourth-order valence-electron chi connectivity index (χ4n) is 1.97. The largest absolute Gasteiger partial charge is 0.481 e. The van der Waals surface area contributed by atoms with Gasteiger partial charge >= 0.3 is 5.97 Å². The number of benzene rings is 1. The average molecular weight is 342 g/mol. The maximum Gasteiger partial charge on any atom is 0.308 e. The Kier molecular flexibility index (Phi) is 6.28. The van der Waals surface area contributed by atoms with Crippen LogP contribution in [-0.2, 0) is 14.8 Å². The smallest absolute Gasteiger partial charge is 0.308 e. The third-order valence-electron chi connectivity index (χ3n) is 3.10. The molecule has 1 rings (SSSR count). The first kappa shape index (κ1) is 19.1. The molecule has 8 heteroatoms. The third-order valence-corrected chi connectivity index (χ3v) is 4.75. The monoisotopic (exact) mass is 342 g/mol. The van der Waals surface area contributed by atoms with Crippen LogP contribution in [0.3, 0.4) is 0 Å². The number of rotatable bonds is 7. The van der Waals surface area contributed by atoms with E-state index in [4.69, 9.17) is 5.11 Å². The molecular formula is C15H22N2O5S. The Hall–Kier alpha value is -1.93.